The normalized spacial score (nSPS) is 10.3. The molecule has 0 unspecified atom stereocenters. The number of benzene rings is 3. The summed E-state index contributed by atoms with van der Waals surface area (Å²) in [5.74, 6) is 0.818. The van der Waals surface area contributed by atoms with Crippen molar-refractivity contribution in [3.05, 3.63) is 77.9 Å². The third-order valence-corrected chi connectivity index (χ3v) is 4.97. The van der Waals surface area contributed by atoms with Gasteiger partial charge in [-0.1, -0.05) is 24.3 Å². The quantitative estimate of drug-likeness (QED) is 0.404. The van der Waals surface area contributed by atoms with E-state index < -0.39 is 5.91 Å². The highest BCUT2D eigenvalue weighted by Gasteiger charge is 2.15. The molecule has 0 spiro atoms. The standard InChI is InChI=1S/C27H25N3O6/c1-33-23-17-21(30-27(32)19-7-5-4-6-8-19)24(34-2)16-20(23)29-26(31)12-10-18-9-11-22(36-14-13-28)25(15-18)35-3/h4-12,15-17H,14H2,1-3H3,(H,29,31)(H,30,32)/b12-10+. The van der Waals surface area contributed by atoms with Crippen LogP contribution >= 0.6 is 0 Å². The maximum atomic E-state index is 12.6. The van der Waals surface area contributed by atoms with E-state index in [2.05, 4.69) is 10.6 Å². The van der Waals surface area contributed by atoms with E-state index in [1.54, 1.807) is 60.7 Å². The number of hydrogen-bond acceptors (Lipinski definition) is 7. The van der Waals surface area contributed by atoms with E-state index in [1.807, 2.05) is 12.1 Å². The molecule has 0 fully saturated rings. The number of carbonyl (C=O) groups excluding carboxylic acids is 2. The third-order valence-electron chi connectivity index (χ3n) is 4.97. The molecule has 184 valence electrons. The molecule has 9 nitrogen and oxygen atoms in total. The van der Waals surface area contributed by atoms with Gasteiger partial charge < -0.3 is 29.6 Å². The fraction of sp³-hybridized carbons (Fsp3) is 0.148. The first-order valence-corrected chi connectivity index (χ1v) is 10.8. The molecule has 3 aromatic rings. The molecule has 3 rings (SSSR count). The number of methoxy groups -OCH3 is 3. The van der Waals surface area contributed by atoms with Gasteiger partial charge in [0, 0.05) is 23.8 Å². The predicted molar refractivity (Wildman–Crippen MR) is 136 cm³/mol. The summed E-state index contributed by atoms with van der Waals surface area (Å²) >= 11 is 0. The second-order valence-electron chi connectivity index (χ2n) is 7.25. The lowest BCUT2D eigenvalue weighted by molar-refractivity contribution is -0.111. The summed E-state index contributed by atoms with van der Waals surface area (Å²) in [5, 5.41) is 14.2. The molecule has 9 heteroatoms. The summed E-state index contributed by atoms with van der Waals surface area (Å²) in [5.41, 5.74) is 1.93. The van der Waals surface area contributed by atoms with Gasteiger partial charge in [0.1, 0.15) is 17.6 Å². The van der Waals surface area contributed by atoms with Gasteiger partial charge in [-0.2, -0.15) is 5.26 Å². The van der Waals surface area contributed by atoms with Crippen LogP contribution in [0.15, 0.2) is 66.7 Å². The molecule has 0 saturated carbocycles. The largest absolute Gasteiger partial charge is 0.494 e. The van der Waals surface area contributed by atoms with Gasteiger partial charge in [0.05, 0.1) is 32.7 Å². The zero-order valence-corrected chi connectivity index (χ0v) is 20.0. The molecular weight excluding hydrogens is 462 g/mol. The van der Waals surface area contributed by atoms with Gasteiger partial charge in [0.15, 0.2) is 18.1 Å². The maximum absolute atomic E-state index is 12.6. The van der Waals surface area contributed by atoms with Crippen molar-refractivity contribution in [2.24, 2.45) is 0 Å². The molecular formula is C27H25N3O6. The maximum Gasteiger partial charge on any atom is 0.255 e. The molecule has 0 radical (unpaired) electrons. The number of rotatable bonds is 10. The molecule has 2 N–H and O–H groups in total. The van der Waals surface area contributed by atoms with Crippen LogP contribution in [-0.2, 0) is 4.79 Å². The number of ether oxygens (including phenoxy) is 4. The minimum Gasteiger partial charge on any atom is -0.494 e. The summed E-state index contributed by atoms with van der Waals surface area (Å²) in [6.45, 7) is -0.103. The van der Waals surface area contributed by atoms with Gasteiger partial charge in [-0.15, -0.1) is 0 Å². The lowest BCUT2D eigenvalue weighted by Gasteiger charge is -2.16. The minimum atomic E-state index is -0.416. The number of hydrogen-bond donors (Lipinski definition) is 2. The lowest BCUT2D eigenvalue weighted by atomic mass is 10.1. The van der Waals surface area contributed by atoms with Gasteiger partial charge in [-0.25, -0.2) is 0 Å². The van der Waals surface area contributed by atoms with Crippen molar-refractivity contribution in [1.82, 2.24) is 0 Å². The van der Waals surface area contributed by atoms with E-state index in [-0.39, 0.29) is 12.5 Å². The summed E-state index contributed by atoms with van der Waals surface area (Å²) in [4.78, 5) is 25.2. The van der Waals surface area contributed by atoms with Gasteiger partial charge in [0.2, 0.25) is 5.91 Å². The van der Waals surface area contributed by atoms with Crippen LogP contribution in [0.3, 0.4) is 0 Å². The van der Waals surface area contributed by atoms with E-state index in [1.165, 1.54) is 27.4 Å². The van der Waals surface area contributed by atoms with Crippen LogP contribution in [0.4, 0.5) is 11.4 Å². The van der Waals surface area contributed by atoms with Crippen molar-refractivity contribution in [3.8, 4) is 29.1 Å². The molecule has 36 heavy (non-hydrogen) atoms. The zero-order valence-electron chi connectivity index (χ0n) is 20.0. The molecule has 0 aromatic heterocycles. The van der Waals surface area contributed by atoms with Crippen LogP contribution in [0.25, 0.3) is 6.08 Å². The fourth-order valence-electron chi connectivity index (χ4n) is 3.24. The molecule has 2 amide bonds. The molecule has 0 aliphatic rings. The van der Waals surface area contributed by atoms with Crippen molar-refractivity contribution in [1.29, 1.82) is 5.26 Å². The second-order valence-corrected chi connectivity index (χ2v) is 7.25. The first-order chi connectivity index (χ1) is 17.5. The number of anilines is 2. The number of amides is 2. The smallest absolute Gasteiger partial charge is 0.255 e. The Kier molecular flexibility index (Phi) is 8.89. The molecule has 0 saturated heterocycles. The van der Waals surface area contributed by atoms with Crippen LogP contribution in [0.1, 0.15) is 15.9 Å². The summed E-state index contributed by atoms with van der Waals surface area (Å²) < 4.78 is 21.4. The first kappa shape index (κ1) is 25.6. The Labute approximate surface area is 208 Å². The number of nitrogens with one attached hydrogen (secondary N) is 2. The summed E-state index contributed by atoms with van der Waals surface area (Å²) in [7, 11) is 4.40. The third kappa shape index (κ3) is 6.55. The average molecular weight is 488 g/mol. The highest BCUT2D eigenvalue weighted by atomic mass is 16.5. The number of carbonyl (C=O) groups is 2. The second kappa shape index (κ2) is 12.5. The minimum absolute atomic E-state index is 0.103. The van der Waals surface area contributed by atoms with Crippen LogP contribution < -0.4 is 29.6 Å². The van der Waals surface area contributed by atoms with Crippen molar-refractivity contribution in [2.45, 2.75) is 0 Å². The zero-order chi connectivity index (χ0) is 25.9. The van der Waals surface area contributed by atoms with Crippen molar-refractivity contribution >= 4 is 29.3 Å². The predicted octanol–water partition coefficient (Wildman–Crippen LogP) is 4.52. The van der Waals surface area contributed by atoms with Gasteiger partial charge in [0.25, 0.3) is 5.91 Å². The van der Waals surface area contributed by atoms with Gasteiger partial charge in [-0.3, -0.25) is 9.59 Å². The van der Waals surface area contributed by atoms with Crippen LogP contribution in [0.5, 0.6) is 23.0 Å². The first-order valence-electron chi connectivity index (χ1n) is 10.8. The van der Waals surface area contributed by atoms with Crippen molar-refractivity contribution in [3.63, 3.8) is 0 Å². The van der Waals surface area contributed by atoms with Crippen LogP contribution in [-0.4, -0.2) is 39.8 Å². The van der Waals surface area contributed by atoms with Crippen molar-refractivity contribution in [2.75, 3.05) is 38.6 Å². The highest BCUT2D eigenvalue weighted by molar-refractivity contribution is 6.06. The van der Waals surface area contributed by atoms with E-state index >= 15 is 0 Å². The Morgan fingerprint density at radius 2 is 1.47 bits per heavy atom. The summed E-state index contributed by atoms with van der Waals surface area (Å²) in [6.07, 6.45) is 2.95. The number of nitrogens with zero attached hydrogens (tertiary/aromatic N) is 1. The average Bonchev–Trinajstić information content (AvgIpc) is 2.91. The van der Waals surface area contributed by atoms with Gasteiger partial charge in [-0.05, 0) is 35.9 Å². The lowest BCUT2D eigenvalue weighted by Crippen LogP contribution is -2.14. The van der Waals surface area contributed by atoms with E-state index in [4.69, 9.17) is 24.2 Å². The monoisotopic (exact) mass is 487 g/mol. The van der Waals surface area contributed by atoms with Crippen molar-refractivity contribution < 1.29 is 28.5 Å². The van der Waals surface area contributed by atoms with Crippen LogP contribution in [0, 0.1) is 11.3 Å². The Bertz CT molecular complexity index is 1300. The van der Waals surface area contributed by atoms with E-state index in [0.29, 0.717) is 45.5 Å². The Hall–Kier alpha value is -4.97. The Morgan fingerprint density at radius 1 is 0.833 bits per heavy atom. The molecule has 0 aliphatic carbocycles. The highest BCUT2D eigenvalue weighted by Crippen LogP contribution is 2.37. The SMILES string of the molecule is COc1cc(NC(=O)c2ccccc2)c(OC)cc1NC(=O)/C=C/c1ccc(OCC#N)c(OC)c1. The van der Waals surface area contributed by atoms with Crippen LogP contribution in [0.2, 0.25) is 0 Å². The Balaban J connectivity index is 1.76. The van der Waals surface area contributed by atoms with Gasteiger partial charge >= 0.3 is 0 Å². The number of nitriles is 1. The molecule has 3 aromatic carbocycles. The van der Waals surface area contributed by atoms with E-state index in [0.717, 1.165) is 0 Å². The molecule has 0 heterocycles. The molecule has 0 bridgehead atoms. The topological polar surface area (TPSA) is 119 Å². The Morgan fingerprint density at radius 3 is 2.08 bits per heavy atom. The van der Waals surface area contributed by atoms with E-state index in [9.17, 15) is 9.59 Å². The molecule has 0 atom stereocenters. The molecule has 0 aliphatic heterocycles. The fourth-order valence-corrected chi connectivity index (χ4v) is 3.24. The summed E-state index contributed by atoms with van der Waals surface area (Å²) in [6, 6.07) is 18.9.